The zero-order valence-corrected chi connectivity index (χ0v) is 12.5. The second-order valence-corrected chi connectivity index (χ2v) is 6.28. The summed E-state index contributed by atoms with van der Waals surface area (Å²) in [6, 6.07) is 0. The molecule has 0 radical (unpaired) electrons. The van der Waals surface area contributed by atoms with Gasteiger partial charge in [0.1, 0.15) is 0 Å². The summed E-state index contributed by atoms with van der Waals surface area (Å²) >= 11 is 0. The molecule has 5 heteroatoms. The van der Waals surface area contributed by atoms with Crippen molar-refractivity contribution in [3.8, 4) is 0 Å². The standard InChI is InChI=1S/C15H28N2O3/c1-12(5-6-14(19)20)10-17-13(18)9-15(11-16)7-3-2-4-8-15/h12H,2-11,16H2,1H3,(H,17,18)(H,19,20). The van der Waals surface area contributed by atoms with Gasteiger partial charge in [0.15, 0.2) is 0 Å². The first-order chi connectivity index (χ1) is 9.47. The number of carbonyl (C=O) groups is 2. The Morgan fingerprint density at radius 3 is 2.50 bits per heavy atom. The third-order valence-corrected chi connectivity index (χ3v) is 4.38. The first-order valence-electron chi connectivity index (χ1n) is 7.66. The molecule has 20 heavy (non-hydrogen) atoms. The number of amides is 1. The molecule has 1 unspecified atom stereocenters. The smallest absolute Gasteiger partial charge is 0.303 e. The molecule has 116 valence electrons. The monoisotopic (exact) mass is 284 g/mol. The van der Waals surface area contributed by atoms with Crippen molar-refractivity contribution in [3.05, 3.63) is 0 Å². The predicted molar refractivity (Wildman–Crippen MR) is 78.2 cm³/mol. The van der Waals surface area contributed by atoms with Gasteiger partial charge in [-0.05, 0) is 37.1 Å². The molecule has 0 aliphatic heterocycles. The number of nitrogens with two attached hydrogens (primary N) is 1. The van der Waals surface area contributed by atoms with Crippen LogP contribution in [0.5, 0.6) is 0 Å². The van der Waals surface area contributed by atoms with Crippen molar-refractivity contribution in [2.24, 2.45) is 17.1 Å². The van der Waals surface area contributed by atoms with Crippen molar-refractivity contribution in [2.45, 2.75) is 58.3 Å². The van der Waals surface area contributed by atoms with Crippen LogP contribution in [-0.2, 0) is 9.59 Å². The molecular weight excluding hydrogens is 256 g/mol. The van der Waals surface area contributed by atoms with Gasteiger partial charge < -0.3 is 16.2 Å². The first kappa shape index (κ1) is 17.0. The summed E-state index contributed by atoms with van der Waals surface area (Å²) in [6.45, 7) is 3.09. The van der Waals surface area contributed by atoms with E-state index in [1.807, 2.05) is 6.92 Å². The van der Waals surface area contributed by atoms with Crippen LogP contribution in [0.2, 0.25) is 0 Å². The van der Waals surface area contributed by atoms with Crippen LogP contribution in [0.25, 0.3) is 0 Å². The highest BCUT2D eigenvalue weighted by Gasteiger charge is 2.32. The van der Waals surface area contributed by atoms with Crippen LogP contribution in [0.4, 0.5) is 0 Å². The summed E-state index contributed by atoms with van der Waals surface area (Å²) in [5.74, 6) is -0.540. The van der Waals surface area contributed by atoms with E-state index in [0.717, 1.165) is 12.8 Å². The summed E-state index contributed by atoms with van der Waals surface area (Å²) in [5, 5.41) is 11.5. The number of hydrogen-bond donors (Lipinski definition) is 3. The number of carboxylic acid groups (broad SMARTS) is 1. The van der Waals surface area contributed by atoms with E-state index < -0.39 is 5.97 Å². The SMILES string of the molecule is CC(CCC(=O)O)CNC(=O)CC1(CN)CCCCC1. The lowest BCUT2D eigenvalue weighted by atomic mass is 9.71. The van der Waals surface area contributed by atoms with Crippen LogP contribution in [0, 0.1) is 11.3 Å². The van der Waals surface area contributed by atoms with E-state index >= 15 is 0 Å². The molecule has 1 atom stereocenters. The van der Waals surface area contributed by atoms with E-state index in [2.05, 4.69) is 5.32 Å². The summed E-state index contributed by atoms with van der Waals surface area (Å²) in [6.07, 6.45) is 6.93. The molecule has 1 aliphatic rings. The minimum Gasteiger partial charge on any atom is -0.481 e. The van der Waals surface area contributed by atoms with E-state index in [4.69, 9.17) is 10.8 Å². The summed E-state index contributed by atoms with van der Waals surface area (Å²) < 4.78 is 0. The van der Waals surface area contributed by atoms with E-state index in [1.54, 1.807) is 0 Å². The molecule has 0 saturated heterocycles. The maximum absolute atomic E-state index is 12.0. The van der Waals surface area contributed by atoms with E-state index in [9.17, 15) is 9.59 Å². The van der Waals surface area contributed by atoms with Gasteiger partial charge >= 0.3 is 5.97 Å². The molecule has 1 amide bonds. The summed E-state index contributed by atoms with van der Waals surface area (Å²) in [7, 11) is 0. The molecule has 1 rings (SSSR count). The Hall–Kier alpha value is -1.10. The average molecular weight is 284 g/mol. The topological polar surface area (TPSA) is 92.4 Å². The van der Waals surface area contributed by atoms with Gasteiger partial charge in [-0.25, -0.2) is 0 Å². The van der Waals surface area contributed by atoms with Gasteiger partial charge in [-0.1, -0.05) is 26.2 Å². The lowest BCUT2D eigenvalue weighted by Crippen LogP contribution is -2.39. The van der Waals surface area contributed by atoms with Crippen LogP contribution in [0.3, 0.4) is 0 Å². The molecule has 4 N–H and O–H groups in total. The molecule has 0 aromatic carbocycles. The number of nitrogens with one attached hydrogen (secondary N) is 1. The minimum atomic E-state index is -0.785. The maximum atomic E-state index is 12.0. The van der Waals surface area contributed by atoms with Crippen molar-refractivity contribution in [1.29, 1.82) is 0 Å². The Labute approximate surface area is 121 Å². The lowest BCUT2D eigenvalue weighted by Gasteiger charge is -2.35. The van der Waals surface area contributed by atoms with E-state index in [1.165, 1.54) is 19.3 Å². The number of carboxylic acids is 1. The molecular formula is C15H28N2O3. The fourth-order valence-electron chi connectivity index (χ4n) is 2.92. The van der Waals surface area contributed by atoms with Crippen molar-refractivity contribution in [2.75, 3.05) is 13.1 Å². The zero-order chi connectivity index (χ0) is 15.0. The van der Waals surface area contributed by atoms with Gasteiger partial charge in [-0.15, -0.1) is 0 Å². The van der Waals surface area contributed by atoms with Gasteiger partial charge in [-0.2, -0.15) is 0 Å². The molecule has 0 bridgehead atoms. The van der Waals surface area contributed by atoms with Gasteiger partial charge in [0.2, 0.25) is 5.91 Å². The van der Waals surface area contributed by atoms with Gasteiger partial charge in [0.25, 0.3) is 0 Å². The predicted octanol–water partition coefficient (Wildman–Crippen LogP) is 1.90. The molecule has 1 saturated carbocycles. The molecule has 1 fully saturated rings. The number of carbonyl (C=O) groups excluding carboxylic acids is 1. The van der Waals surface area contributed by atoms with Crippen LogP contribution in [-0.4, -0.2) is 30.1 Å². The molecule has 0 aromatic rings. The zero-order valence-electron chi connectivity index (χ0n) is 12.5. The normalized spacial score (nSPS) is 19.3. The molecule has 5 nitrogen and oxygen atoms in total. The highest BCUT2D eigenvalue weighted by molar-refractivity contribution is 5.76. The molecule has 0 spiro atoms. The lowest BCUT2D eigenvalue weighted by molar-refractivity contribution is -0.137. The average Bonchev–Trinajstić information content (AvgIpc) is 2.44. The second-order valence-electron chi connectivity index (χ2n) is 6.28. The van der Waals surface area contributed by atoms with Crippen molar-refractivity contribution < 1.29 is 14.7 Å². The maximum Gasteiger partial charge on any atom is 0.303 e. The molecule has 0 aromatic heterocycles. The third kappa shape index (κ3) is 5.90. The Bertz CT molecular complexity index is 325. The largest absolute Gasteiger partial charge is 0.481 e. The van der Waals surface area contributed by atoms with Crippen LogP contribution in [0.15, 0.2) is 0 Å². The number of hydrogen-bond acceptors (Lipinski definition) is 3. The number of rotatable bonds is 8. The van der Waals surface area contributed by atoms with Gasteiger partial charge in [0.05, 0.1) is 0 Å². The van der Waals surface area contributed by atoms with Crippen LogP contribution in [0.1, 0.15) is 58.3 Å². The van der Waals surface area contributed by atoms with Gasteiger partial charge in [-0.3, -0.25) is 9.59 Å². The van der Waals surface area contributed by atoms with E-state index in [-0.39, 0.29) is 23.7 Å². The molecule has 1 aliphatic carbocycles. The highest BCUT2D eigenvalue weighted by atomic mass is 16.4. The van der Waals surface area contributed by atoms with Crippen molar-refractivity contribution >= 4 is 11.9 Å². The summed E-state index contributed by atoms with van der Waals surface area (Å²) in [5.41, 5.74) is 5.87. The fraction of sp³-hybridized carbons (Fsp3) is 0.867. The summed E-state index contributed by atoms with van der Waals surface area (Å²) in [4.78, 5) is 22.5. The number of aliphatic carboxylic acids is 1. The van der Waals surface area contributed by atoms with Crippen molar-refractivity contribution in [1.82, 2.24) is 5.32 Å². The Morgan fingerprint density at radius 2 is 1.95 bits per heavy atom. The Morgan fingerprint density at radius 1 is 1.30 bits per heavy atom. The fourth-order valence-corrected chi connectivity index (χ4v) is 2.92. The van der Waals surface area contributed by atoms with Crippen molar-refractivity contribution in [3.63, 3.8) is 0 Å². The van der Waals surface area contributed by atoms with Gasteiger partial charge in [0, 0.05) is 19.4 Å². The first-order valence-corrected chi connectivity index (χ1v) is 7.66. The Balaban J connectivity index is 2.29. The second kappa shape index (κ2) is 8.25. The van der Waals surface area contributed by atoms with Crippen LogP contribution < -0.4 is 11.1 Å². The van der Waals surface area contributed by atoms with Crippen LogP contribution >= 0.6 is 0 Å². The molecule has 0 heterocycles. The third-order valence-electron chi connectivity index (χ3n) is 4.38. The van der Waals surface area contributed by atoms with E-state index in [0.29, 0.717) is 25.9 Å². The minimum absolute atomic E-state index is 0.00731. The Kier molecular flexibility index (Phi) is 6.99. The highest BCUT2D eigenvalue weighted by Crippen LogP contribution is 2.38. The quantitative estimate of drug-likeness (QED) is 0.634.